The lowest BCUT2D eigenvalue weighted by molar-refractivity contribution is -0.148. The zero-order valence-electron chi connectivity index (χ0n) is 11.9. The Bertz CT molecular complexity index is 410. The average molecular weight is 282 g/mol. The van der Waals surface area contributed by atoms with Crippen molar-refractivity contribution in [3.63, 3.8) is 0 Å². The van der Waals surface area contributed by atoms with Crippen LogP contribution in [0.15, 0.2) is 24.3 Å². The lowest BCUT2D eigenvalue weighted by atomic mass is 10.3. The molecule has 0 radical (unpaired) electrons. The molecule has 2 atom stereocenters. The minimum absolute atomic E-state index is 0.454. The van der Waals surface area contributed by atoms with E-state index in [2.05, 4.69) is 9.47 Å². The Morgan fingerprint density at radius 1 is 0.800 bits per heavy atom. The fourth-order valence-corrected chi connectivity index (χ4v) is 1.43. The van der Waals surface area contributed by atoms with Crippen molar-refractivity contribution >= 4 is 11.9 Å². The van der Waals surface area contributed by atoms with E-state index in [1.165, 1.54) is 14.2 Å². The third kappa shape index (κ3) is 4.46. The molecule has 1 aromatic rings. The minimum atomic E-state index is -0.694. The molecule has 0 N–H and O–H groups in total. The molecule has 2 unspecified atom stereocenters. The number of carbonyl (C=O) groups is 2. The highest BCUT2D eigenvalue weighted by Gasteiger charge is 2.16. The molecule has 0 aliphatic heterocycles. The van der Waals surface area contributed by atoms with E-state index in [0.717, 1.165) is 0 Å². The van der Waals surface area contributed by atoms with Crippen molar-refractivity contribution in [3.05, 3.63) is 24.3 Å². The van der Waals surface area contributed by atoms with E-state index >= 15 is 0 Å². The summed E-state index contributed by atoms with van der Waals surface area (Å²) in [6.07, 6.45) is -1.39. The van der Waals surface area contributed by atoms with E-state index in [9.17, 15) is 9.59 Å². The zero-order chi connectivity index (χ0) is 15.1. The number of rotatable bonds is 6. The van der Waals surface area contributed by atoms with Crippen LogP contribution in [-0.4, -0.2) is 38.4 Å². The van der Waals surface area contributed by atoms with Crippen molar-refractivity contribution in [1.29, 1.82) is 0 Å². The van der Waals surface area contributed by atoms with Gasteiger partial charge in [0.15, 0.2) is 12.2 Å². The predicted molar refractivity (Wildman–Crippen MR) is 70.7 cm³/mol. The van der Waals surface area contributed by atoms with Crippen molar-refractivity contribution in [3.8, 4) is 11.5 Å². The molecule has 1 aromatic carbocycles. The van der Waals surface area contributed by atoms with Gasteiger partial charge in [-0.05, 0) is 38.1 Å². The second-order valence-electron chi connectivity index (χ2n) is 4.04. The van der Waals surface area contributed by atoms with Gasteiger partial charge >= 0.3 is 11.9 Å². The molecule has 1 rings (SSSR count). The molecule has 0 bridgehead atoms. The molecule has 0 spiro atoms. The lowest BCUT2D eigenvalue weighted by Crippen LogP contribution is -2.25. The molecule has 6 nitrogen and oxygen atoms in total. The molecular formula is C14H18O6. The van der Waals surface area contributed by atoms with E-state index in [-0.39, 0.29) is 0 Å². The summed E-state index contributed by atoms with van der Waals surface area (Å²) >= 11 is 0. The molecule has 0 saturated heterocycles. The number of hydrogen-bond acceptors (Lipinski definition) is 6. The van der Waals surface area contributed by atoms with Gasteiger partial charge in [-0.15, -0.1) is 0 Å². The number of methoxy groups -OCH3 is 2. The Balaban J connectivity index is 2.60. The fourth-order valence-electron chi connectivity index (χ4n) is 1.43. The Hall–Kier alpha value is -2.24. The van der Waals surface area contributed by atoms with Crippen molar-refractivity contribution in [2.45, 2.75) is 26.1 Å². The van der Waals surface area contributed by atoms with Crippen molar-refractivity contribution in [2.24, 2.45) is 0 Å². The predicted octanol–water partition coefficient (Wildman–Crippen LogP) is 1.57. The molecular weight excluding hydrogens is 264 g/mol. The Kier molecular flexibility index (Phi) is 5.83. The quantitative estimate of drug-likeness (QED) is 0.737. The molecule has 110 valence electrons. The van der Waals surface area contributed by atoms with Crippen molar-refractivity contribution in [1.82, 2.24) is 0 Å². The van der Waals surface area contributed by atoms with E-state index in [4.69, 9.17) is 9.47 Å². The molecule has 0 aliphatic rings. The van der Waals surface area contributed by atoms with Gasteiger partial charge in [0.1, 0.15) is 11.5 Å². The Labute approximate surface area is 117 Å². The fraction of sp³-hybridized carbons (Fsp3) is 0.429. The van der Waals surface area contributed by atoms with Gasteiger partial charge in [0.2, 0.25) is 0 Å². The molecule has 0 saturated carbocycles. The Morgan fingerprint density at radius 3 is 1.35 bits per heavy atom. The van der Waals surface area contributed by atoms with Gasteiger partial charge in [-0.3, -0.25) is 0 Å². The summed E-state index contributed by atoms with van der Waals surface area (Å²) in [5, 5.41) is 0. The second-order valence-corrected chi connectivity index (χ2v) is 4.04. The number of carbonyl (C=O) groups excluding carboxylic acids is 2. The summed E-state index contributed by atoms with van der Waals surface area (Å²) in [7, 11) is 2.60. The van der Waals surface area contributed by atoms with Crippen LogP contribution in [0.1, 0.15) is 13.8 Å². The van der Waals surface area contributed by atoms with Gasteiger partial charge in [-0.1, -0.05) is 0 Å². The maximum absolute atomic E-state index is 11.2. The largest absolute Gasteiger partial charge is 0.479 e. The van der Waals surface area contributed by atoms with Gasteiger partial charge in [-0.2, -0.15) is 0 Å². The van der Waals surface area contributed by atoms with Crippen LogP contribution in [0.5, 0.6) is 11.5 Å². The average Bonchev–Trinajstić information content (AvgIpc) is 2.47. The zero-order valence-corrected chi connectivity index (χ0v) is 11.9. The molecule has 6 heteroatoms. The van der Waals surface area contributed by atoms with Gasteiger partial charge in [0.25, 0.3) is 0 Å². The summed E-state index contributed by atoms with van der Waals surface area (Å²) in [6, 6.07) is 6.55. The minimum Gasteiger partial charge on any atom is -0.479 e. The van der Waals surface area contributed by atoms with Crippen LogP contribution in [0.4, 0.5) is 0 Å². The van der Waals surface area contributed by atoms with Crippen LogP contribution in [0.2, 0.25) is 0 Å². The van der Waals surface area contributed by atoms with E-state index < -0.39 is 24.1 Å². The van der Waals surface area contributed by atoms with Crippen LogP contribution < -0.4 is 9.47 Å². The number of benzene rings is 1. The SMILES string of the molecule is COC(=O)C(C)Oc1ccc(OC(C)C(=O)OC)cc1. The third-order valence-corrected chi connectivity index (χ3v) is 2.52. The molecule has 0 aromatic heterocycles. The number of ether oxygens (including phenoxy) is 4. The highest BCUT2D eigenvalue weighted by molar-refractivity contribution is 5.74. The van der Waals surface area contributed by atoms with Crippen LogP contribution >= 0.6 is 0 Å². The van der Waals surface area contributed by atoms with E-state index in [1.807, 2.05) is 0 Å². The van der Waals surface area contributed by atoms with Crippen molar-refractivity contribution < 1.29 is 28.5 Å². The van der Waals surface area contributed by atoms with Crippen LogP contribution in [0, 0.1) is 0 Å². The maximum Gasteiger partial charge on any atom is 0.346 e. The van der Waals surface area contributed by atoms with Gasteiger partial charge in [0, 0.05) is 0 Å². The van der Waals surface area contributed by atoms with Crippen LogP contribution in [-0.2, 0) is 19.1 Å². The van der Waals surface area contributed by atoms with Crippen LogP contribution in [0.25, 0.3) is 0 Å². The Morgan fingerprint density at radius 2 is 1.10 bits per heavy atom. The summed E-state index contributed by atoms with van der Waals surface area (Å²) in [5.41, 5.74) is 0. The highest BCUT2D eigenvalue weighted by Crippen LogP contribution is 2.20. The molecule has 0 heterocycles. The summed E-state index contributed by atoms with van der Waals surface area (Å²) < 4.78 is 19.9. The maximum atomic E-state index is 11.2. The summed E-state index contributed by atoms with van der Waals surface area (Å²) in [4.78, 5) is 22.4. The van der Waals surface area contributed by atoms with Crippen LogP contribution in [0.3, 0.4) is 0 Å². The second kappa shape index (κ2) is 7.37. The van der Waals surface area contributed by atoms with Gasteiger partial charge < -0.3 is 18.9 Å². The summed E-state index contributed by atoms with van der Waals surface area (Å²) in [5.74, 6) is 0.0937. The first kappa shape index (κ1) is 15.8. The lowest BCUT2D eigenvalue weighted by Gasteiger charge is -2.14. The van der Waals surface area contributed by atoms with E-state index in [0.29, 0.717) is 11.5 Å². The normalized spacial score (nSPS) is 13.0. The number of esters is 2. The molecule has 0 fully saturated rings. The molecule has 0 amide bonds. The standard InChI is InChI=1S/C14H18O6/c1-9(13(15)17-3)19-11-5-7-12(8-6-11)20-10(2)14(16)18-4/h5-10H,1-4H3. The highest BCUT2D eigenvalue weighted by atomic mass is 16.6. The first-order valence-electron chi connectivity index (χ1n) is 6.07. The van der Waals surface area contributed by atoms with Gasteiger partial charge in [0.05, 0.1) is 14.2 Å². The first-order chi connectivity index (χ1) is 9.47. The third-order valence-electron chi connectivity index (χ3n) is 2.52. The first-order valence-corrected chi connectivity index (χ1v) is 6.07. The summed E-state index contributed by atoms with van der Waals surface area (Å²) in [6.45, 7) is 3.19. The molecule has 20 heavy (non-hydrogen) atoms. The smallest absolute Gasteiger partial charge is 0.346 e. The number of hydrogen-bond donors (Lipinski definition) is 0. The van der Waals surface area contributed by atoms with E-state index in [1.54, 1.807) is 38.1 Å². The van der Waals surface area contributed by atoms with Gasteiger partial charge in [-0.25, -0.2) is 9.59 Å². The molecule has 0 aliphatic carbocycles. The van der Waals surface area contributed by atoms with Crippen molar-refractivity contribution in [2.75, 3.05) is 14.2 Å². The topological polar surface area (TPSA) is 71.1 Å². The monoisotopic (exact) mass is 282 g/mol.